The van der Waals surface area contributed by atoms with Gasteiger partial charge in [-0.25, -0.2) is 23.1 Å². The summed E-state index contributed by atoms with van der Waals surface area (Å²) in [5.41, 5.74) is 2.48. The molecule has 1 aliphatic heterocycles. The smallest absolute Gasteiger partial charge is 0.264 e. The molecular weight excluding hydrogens is 439 g/mol. The van der Waals surface area contributed by atoms with E-state index in [4.69, 9.17) is 9.57 Å². The van der Waals surface area contributed by atoms with Gasteiger partial charge >= 0.3 is 0 Å². The van der Waals surface area contributed by atoms with Crippen molar-refractivity contribution in [3.63, 3.8) is 0 Å². The van der Waals surface area contributed by atoms with Crippen molar-refractivity contribution in [3.8, 4) is 11.1 Å². The number of rotatable bonds is 8. The van der Waals surface area contributed by atoms with Gasteiger partial charge in [0.2, 0.25) is 0 Å². The fourth-order valence-corrected chi connectivity index (χ4v) is 4.23. The molecule has 8 nitrogen and oxygen atoms in total. The van der Waals surface area contributed by atoms with Crippen molar-refractivity contribution in [2.75, 3.05) is 12.9 Å². The molecule has 1 unspecified atom stereocenters. The highest BCUT2D eigenvalue weighted by molar-refractivity contribution is 7.92. The van der Waals surface area contributed by atoms with E-state index in [1.54, 1.807) is 24.3 Å². The molecule has 1 amide bonds. The van der Waals surface area contributed by atoms with Gasteiger partial charge in [0.25, 0.3) is 11.5 Å². The molecule has 10 heteroatoms. The summed E-state index contributed by atoms with van der Waals surface area (Å²) in [5, 5.41) is 0. The normalized spacial score (nSPS) is 18.7. The maximum Gasteiger partial charge on any atom is 0.264 e. The Morgan fingerprint density at radius 1 is 1.31 bits per heavy atom. The van der Waals surface area contributed by atoms with Gasteiger partial charge in [0, 0.05) is 43.7 Å². The number of aromatic nitrogens is 1. The summed E-state index contributed by atoms with van der Waals surface area (Å²) in [4.78, 5) is 30.5. The third-order valence-corrected chi connectivity index (χ3v) is 7.76. The molecule has 3 rings (SSSR count). The number of carbonyl (C=O) groups excluding carboxylic acids is 1. The summed E-state index contributed by atoms with van der Waals surface area (Å²) in [6.07, 6.45) is 4.02. The Labute approximate surface area is 186 Å². The third kappa shape index (κ3) is 5.43. The van der Waals surface area contributed by atoms with Crippen molar-refractivity contribution in [2.24, 2.45) is 0 Å². The minimum Gasteiger partial charge on any atom is -0.350 e. The highest BCUT2D eigenvalue weighted by atomic mass is 32.2. The molecule has 1 aliphatic rings. The van der Waals surface area contributed by atoms with E-state index in [1.807, 2.05) is 0 Å². The summed E-state index contributed by atoms with van der Waals surface area (Å²) < 4.78 is 43.7. The Morgan fingerprint density at radius 2 is 2.06 bits per heavy atom. The minimum absolute atomic E-state index is 0.0344. The van der Waals surface area contributed by atoms with Crippen LogP contribution >= 0.6 is 0 Å². The van der Waals surface area contributed by atoms with Crippen LogP contribution in [0, 0.1) is 5.82 Å². The lowest BCUT2D eigenvalue weighted by Gasteiger charge is -2.28. The van der Waals surface area contributed by atoms with Crippen LogP contribution < -0.4 is 11.0 Å². The second-order valence-electron chi connectivity index (χ2n) is 8.03. The molecule has 1 N–H and O–H groups in total. The second-order valence-corrected chi connectivity index (χ2v) is 10.5. The monoisotopic (exact) mass is 466 g/mol. The largest absolute Gasteiger partial charge is 0.350 e. The lowest BCUT2D eigenvalue weighted by atomic mass is 10.1. The fourth-order valence-electron chi connectivity index (χ4n) is 3.39. The van der Waals surface area contributed by atoms with E-state index in [0.29, 0.717) is 24.2 Å². The van der Waals surface area contributed by atoms with Crippen LogP contribution in [-0.4, -0.2) is 42.8 Å². The van der Waals surface area contributed by atoms with Crippen LogP contribution in [0.3, 0.4) is 0 Å². The van der Waals surface area contributed by atoms with Crippen molar-refractivity contribution in [1.29, 1.82) is 0 Å². The number of hydrogen-bond acceptors (Lipinski definition) is 6. The number of benzene rings is 1. The molecule has 0 spiro atoms. The molecule has 32 heavy (non-hydrogen) atoms. The van der Waals surface area contributed by atoms with Gasteiger partial charge in [-0.3, -0.25) is 9.59 Å². The average Bonchev–Trinajstić information content (AvgIpc) is 2.76. The standard InChI is InChI=1S/C22H27FN2O6S/c1-22(32(2,28)29,21(27)24-31-20-9-5-6-14-30-20)11-13-25-12-10-16(15-19(25)26)17-7-3-4-8-18(17)23/h3-4,7-8,10,12,15,20H,5-6,9,11,13-14H2,1-2H3,(H,24,27)/t20?,22-/m1/s1. The highest BCUT2D eigenvalue weighted by Crippen LogP contribution is 2.24. The summed E-state index contributed by atoms with van der Waals surface area (Å²) in [6, 6.07) is 8.94. The minimum atomic E-state index is -3.85. The Bertz CT molecular complexity index is 1130. The van der Waals surface area contributed by atoms with Crippen LogP contribution in [0.4, 0.5) is 4.39 Å². The van der Waals surface area contributed by atoms with E-state index < -0.39 is 38.2 Å². The Hall–Kier alpha value is -2.56. The maximum absolute atomic E-state index is 14.0. The van der Waals surface area contributed by atoms with Gasteiger partial charge in [0.15, 0.2) is 20.9 Å². The maximum atomic E-state index is 14.0. The first-order valence-electron chi connectivity index (χ1n) is 10.3. The fraction of sp³-hybridized carbons (Fsp3) is 0.455. The average molecular weight is 467 g/mol. The number of pyridine rings is 1. The number of nitrogens with zero attached hydrogens (tertiary/aromatic N) is 1. The number of sulfone groups is 1. The number of hydroxylamine groups is 1. The first kappa shape index (κ1) is 24.1. The second kappa shape index (κ2) is 9.93. The predicted octanol–water partition coefficient (Wildman–Crippen LogP) is 2.42. The van der Waals surface area contributed by atoms with Gasteiger partial charge in [0.1, 0.15) is 5.82 Å². The van der Waals surface area contributed by atoms with E-state index in [2.05, 4.69) is 5.48 Å². The molecule has 2 aromatic rings. The van der Waals surface area contributed by atoms with Crippen LogP contribution in [0.2, 0.25) is 0 Å². The number of amides is 1. The lowest BCUT2D eigenvalue weighted by Crippen LogP contribution is -2.51. The predicted molar refractivity (Wildman–Crippen MR) is 117 cm³/mol. The van der Waals surface area contributed by atoms with Crippen molar-refractivity contribution < 1.29 is 27.2 Å². The van der Waals surface area contributed by atoms with Gasteiger partial charge in [-0.1, -0.05) is 18.2 Å². The van der Waals surface area contributed by atoms with Gasteiger partial charge in [-0.05, 0) is 43.9 Å². The Kier molecular flexibility index (Phi) is 7.47. The molecule has 174 valence electrons. The molecule has 1 fully saturated rings. The highest BCUT2D eigenvalue weighted by Gasteiger charge is 2.44. The Morgan fingerprint density at radius 3 is 2.69 bits per heavy atom. The van der Waals surface area contributed by atoms with Gasteiger partial charge in [-0.15, -0.1) is 0 Å². The van der Waals surface area contributed by atoms with Crippen molar-refractivity contribution in [3.05, 3.63) is 58.8 Å². The van der Waals surface area contributed by atoms with Crippen LogP contribution in [0.1, 0.15) is 32.6 Å². The van der Waals surface area contributed by atoms with Crippen molar-refractivity contribution in [2.45, 2.75) is 50.2 Å². The zero-order valence-corrected chi connectivity index (χ0v) is 18.9. The third-order valence-electron chi connectivity index (χ3n) is 5.73. The first-order valence-corrected chi connectivity index (χ1v) is 12.2. The molecule has 2 atom stereocenters. The van der Waals surface area contributed by atoms with E-state index in [-0.39, 0.29) is 13.0 Å². The zero-order chi connectivity index (χ0) is 23.4. The molecule has 0 radical (unpaired) electrons. The summed E-state index contributed by atoms with van der Waals surface area (Å²) in [6.45, 7) is 1.77. The lowest BCUT2D eigenvalue weighted by molar-refractivity contribution is -0.201. The summed E-state index contributed by atoms with van der Waals surface area (Å²) in [7, 11) is -3.85. The van der Waals surface area contributed by atoms with E-state index >= 15 is 0 Å². The van der Waals surface area contributed by atoms with Crippen molar-refractivity contribution in [1.82, 2.24) is 10.0 Å². The van der Waals surface area contributed by atoms with Gasteiger partial charge in [-0.2, -0.15) is 0 Å². The zero-order valence-electron chi connectivity index (χ0n) is 18.0. The quantitative estimate of drug-likeness (QED) is 0.600. The van der Waals surface area contributed by atoms with Crippen LogP contribution in [0.5, 0.6) is 0 Å². The number of halogens is 1. The number of nitrogens with one attached hydrogen (secondary N) is 1. The molecule has 0 bridgehead atoms. The topological polar surface area (TPSA) is 104 Å². The number of ether oxygens (including phenoxy) is 1. The molecule has 0 aliphatic carbocycles. The Balaban J connectivity index is 1.73. The van der Waals surface area contributed by atoms with Gasteiger partial charge < -0.3 is 9.30 Å². The van der Waals surface area contributed by atoms with Crippen LogP contribution in [0.15, 0.2) is 47.4 Å². The first-order chi connectivity index (χ1) is 15.1. The number of aryl methyl sites for hydroxylation is 1. The van der Waals surface area contributed by atoms with E-state index in [9.17, 15) is 22.4 Å². The summed E-state index contributed by atoms with van der Waals surface area (Å²) in [5.74, 6) is -1.28. The molecule has 0 saturated carbocycles. The number of carbonyl (C=O) groups is 1. The van der Waals surface area contributed by atoms with E-state index in [0.717, 1.165) is 19.1 Å². The summed E-state index contributed by atoms with van der Waals surface area (Å²) >= 11 is 0. The molecule has 1 saturated heterocycles. The molecular formula is C22H27FN2O6S. The molecule has 1 aromatic heterocycles. The number of hydrogen-bond donors (Lipinski definition) is 1. The van der Waals surface area contributed by atoms with Gasteiger partial charge in [0.05, 0.1) is 0 Å². The van der Waals surface area contributed by atoms with Crippen molar-refractivity contribution >= 4 is 15.7 Å². The van der Waals surface area contributed by atoms with E-state index in [1.165, 1.54) is 29.8 Å². The molecule has 1 aromatic carbocycles. The molecule has 2 heterocycles. The SMILES string of the molecule is C[C@@](CCn1ccc(-c2ccccc2F)cc1=O)(C(=O)NOC1CCCCO1)S(C)(=O)=O. The van der Waals surface area contributed by atoms with Crippen LogP contribution in [-0.2, 0) is 30.8 Å². The van der Waals surface area contributed by atoms with Crippen LogP contribution in [0.25, 0.3) is 11.1 Å².